The van der Waals surface area contributed by atoms with Crippen LogP contribution >= 0.6 is 0 Å². The molecule has 0 radical (unpaired) electrons. The van der Waals surface area contributed by atoms with Crippen LogP contribution in [0.5, 0.6) is 0 Å². The van der Waals surface area contributed by atoms with Gasteiger partial charge >= 0.3 is 17.9 Å². The summed E-state index contributed by atoms with van der Waals surface area (Å²) in [6, 6.07) is 6.96. The molecule has 0 bridgehead atoms. The zero-order chi connectivity index (χ0) is 15.8. The summed E-state index contributed by atoms with van der Waals surface area (Å²) in [7, 11) is 0. The Labute approximate surface area is 121 Å². The average molecular weight is 294 g/mol. The van der Waals surface area contributed by atoms with Gasteiger partial charge in [-0.25, -0.2) is 4.79 Å². The van der Waals surface area contributed by atoms with Crippen molar-refractivity contribution in [2.75, 3.05) is 0 Å². The predicted octanol–water partition coefficient (Wildman–Crippen LogP) is -0.182. The molecule has 1 rings (SSSR count). The Morgan fingerprint density at radius 2 is 1.71 bits per heavy atom. The molecule has 0 amide bonds. The summed E-state index contributed by atoms with van der Waals surface area (Å²) in [5.74, 6) is -2.89. The maximum atomic E-state index is 11.6. The lowest BCUT2D eigenvalue weighted by molar-refractivity contribution is -0.160. The summed E-state index contributed by atoms with van der Waals surface area (Å²) in [5, 5.41) is 8.57. The number of nitrogens with two attached hydrogens (primary N) is 2. The molecule has 0 heterocycles. The van der Waals surface area contributed by atoms with E-state index in [0.717, 1.165) is 5.56 Å². The van der Waals surface area contributed by atoms with Gasteiger partial charge in [-0.05, 0) is 18.4 Å². The highest BCUT2D eigenvalue weighted by Crippen LogP contribution is 2.04. The second kappa shape index (κ2) is 8.13. The van der Waals surface area contributed by atoms with Crippen molar-refractivity contribution in [3.8, 4) is 0 Å². The van der Waals surface area contributed by atoms with E-state index in [1.807, 2.05) is 18.2 Å². The van der Waals surface area contributed by atoms with E-state index >= 15 is 0 Å². The Morgan fingerprint density at radius 3 is 2.29 bits per heavy atom. The van der Waals surface area contributed by atoms with Gasteiger partial charge < -0.3 is 21.3 Å². The molecule has 5 N–H and O–H groups in total. The topological polar surface area (TPSA) is 133 Å². The maximum Gasteiger partial charge on any atom is 0.330 e. The SMILES string of the molecule is N[C@@H](CCC(=O)OC(=O)[C@@H](N)Cc1ccccc1)C(=O)O. The second-order valence-electron chi connectivity index (χ2n) is 4.57. The van der Waals surface area contributed by atoms with E-state index in [9.17, 15) is 14.4 Å². The lowest BCUT2D eigenvalue weighted by atomic mass is 10.1. The number of rotatable bonds is 7. The van der Waals surface area contributed by atoms with Crippen LogP contribution in [0.3, 0.4) is 0 Å². The molecule has 0 aliphatic carbocycles. The lowest BCUT2D eigenvalue weighted by Gasteiger charge is -2.11. The Kier molecular flexibility index (Phi) is 6.51. The van der Waals surface area contributed by atoms with Crippen LogP contribution in [0.1, 0.15) is 18.4 Å². The van der Waals surface area contributed by atoms with Gasteiger partial charge in [0.1, 0.15) is 12.1 Å². The summed E-state index contributed by atoms with van der Waals surface area (Å²) in [5.41, 5.74) is 11.7. The first-order chi connectivity index (χ1) is 9.90. The minimum Gasteiger partial charge on any atom is -0.480 e. The predicted molar refractivity (Wildman–Crippen MR) is 74.1 cm³/mol. The second-order valence-corrected chi connectivity index (χ2v) is 4.57. The van der Waals surface area contributed by atoms with Crippen molar-refractivity contribution in [3.63, 3.8) is 0 Å². The molecule has 0 saturated heterocycles. The smallest absolute Gasteiger partial charge is 0.330 e. The van der Waals surface area contributed by atoms with Crippen LogP contribution in [-0.4, -0.2) is 35.1 Å². The largest absolute Gasteiger partial charge is 0.480 e. The van der Waals surface area contributed by atoms with Crippen LogP contribution < -0.4 is 11.5 Å². The number of esters is 2. The first-order valence-corrected chi connectivity index (χ1v) is 6.42. The zero-order valence-corrected chi connectivity index (χ0v) is 11.4. The van der Waals surface area contributed by atoms with Crippen LogP contribution in [0.4, 0.5) is 0 Å². The zero-order valence-electron chi connectivity index (χ0n) is 11.4. The molecule has 0 unspecified atom stereocenters. The number of benzene rings is 1. The molecule has 114 valence electrons. The number of ether oxygens (including phenoxy) is 1. The lowest BCUT2D eigenvalue weighted by Crippen LogP contribution is -2.36. The molecular weight excluding hydrogens is 276 g/mol. The van der Waals surface area contributed by atoms with Crippen molar-refractivity contribution >= 4 is 17.9 Å². The van der Waals surface area contributed by atoms with Gasteiger partial charge in [0.2, 0.25) is 0 Å². The number of carboxylic acids is 1. The van der Waals surface area contributed by atoms with E-state index in [-0.39, 0.29) is 19.3 Å². The number of carboxylic acid groups (broad SMARTS) is 1. The molecule has 0 saturated carbocycles. The standard InChI is InChI=1S/C14H18N2O5/c15-10(13(18)19)6-7-12(17)21-14(20)11(16)8-9-4-2-1-3-5-9/h1-5,10-11H,6-8,15-16H2,(H,18,19)/t10-,11-/m0/s1. The third-order valence-corrected chi connectivity index (χ3v) is 2.79. The Balaban J connectivity index is 2.38. The molecule has 21 heavy (non-hydrogen) atoms. The van der Waals surface area contributed by atoms with Gasteiger partial charge in [0.25, 0.3) is 0 Å². The molecule has 7 nitrogen and oxygen atoms in total. The van der Waals surface area contributed by atoms with Gasteiger partial charge in [0.05, 0.1) is 0 Å². The average Bonchev–Trinajstić information content (AvgIpc) is 2.45. The Morgan fingerprint density at radius 1 is 1.10 bits per heavy atom. The van der Waals surface area contributed by atoms with Crippen LogP contribution in [0.15, 0.2) is 30.3 Å². The van der Waals surface area contributed by atoms with E-state index in [1.165, 1.54) is 0 Å². The van der Waals surface area contributed by atoms with Crippen LogP contribution in [0.2, 0.25) is 0 Å². The summed E-state index contributed by atoms with van der Waals surface area (Å²) in [6.07, 6.45) is -0.103. The Bertz CT molecular complexity index is 503. The highest BCUT2D eigenvalue weighted by atomic mass is 16.6. The van der Waals surface area contributed by atoms with Gasteiger partial charge in [0, 0.05) is 6.42 Å². The highest BCUT2D eigenvalue weighted by Gasteiger charge is 2.20. The van der Waals surface area contributed by atoms with Crippen molar-refractivity contribution in [1.82, 2.24) is 0 Å². The number of hydrogen-bond donors (Lipinski definition) is 3. The van der Waals surface area contributed by atoms with Crippen LogP contribution in [0.25, 0.3) is 0 Å². The third-order valence-electron chi connectivity index (χ3n) is 2.79. The fourth-order valence-corrected chi connectivity index (χ4v) is 1.59. The molecule has 1 aromatic rings. The molecule has 0 aliphatic rings. The summed E-state index contributed by atoms with van der Waals surface area (Å²) >= 11 is 0. The van der Waals surface area contributed by atoms with Gasteiger partial charge in [-0.3, -0.25) is 9.59 Å². The van der Waals surface area contributed by atoms with E-state index in [1.54, 1.807) is 12.1 Å². The van der Waals surface area contributed by atoms with Gasteiger partial charge in [-0.2, -0.15) is 0 Å². The van der Waals surface area contributed by atoms with Crippen molar-refractivity contribution in [2.24, 2.45) is 11.5 Å². The van der Waals surface area contributed by atoms with Crippen LogP contribution in [-0.2, 0) is 25.5 Å². The normalized spacial score (nSPS) is 13.2. The molecule has 2 atom stereocenters. The van der Waals surface area contributed by atoms with Gasteiger partial charge in [-0.1, -0.05) is 30.3 Å². The molecule has 1 aromatic carbocycles. The minimum atomic E-state index is -1.21. The van der Waals surface area contributed by atoms with Crippen molar-refractivity contribution in [1.29, 1.82) is 0 Å². The summed E-state index contributed by atoms with van der Waals surface area (Å²) < 4.78 is 4.56. The molecule has 0 aliphatic heterocycles. The van der Waals surface area contributed by atoms with Gasteiger partial charge in [-0.15, -0.1) is 0 Å². The number of carbonyl (C=O) groups is 3. The fraction of sp³-hybridized carbons (Fsp3) is 0.357. The van der Waals surface area contributed by atoms with Crippen molar-refractivity contribution in [3.05, 3.63) is 35.9 Å². The first kappa shape index (κ1) is 16.8. The molecule has 0 aromatic heterocycles. The maximum absolute atomic E-state index is 11.6. The number of carbonyl (C=O) groups excluding carboxylic acids is 2. The highest BCUT2D eigenvalue weighted by molar-refractivity contribution is 5.88. The molecular formula is C14H18N2O5. The first-order valence-electron chi connectivity index (χ1n) is 6.42. The van der Waals surface area contributed by atoms with E-state index in [2.05, 4.69) is 4.74 Å². The minimum absolute atomic E-state index is 0.102. The fourth-order valence-electron chi connectivity index (χ4n) is 1.59. The van der Waals surface area contributed by atoms with Crippen LogP contribution in [0, 0.1) is 0 Å². The van der Waals surface area contributed by atoms with E-state index in [4.69, 9.17) is 16.6 Å². The quantitative estimate of drug-likeness (QED) is 0.469. The third kappa shape index (κ3) is 6.15. The number of hydrogen-bond acceptors (Lipinski definition) is 6. The van der Waals surface area contributed by atoms with Crippen molar-refractivity contribution in [2.45, 2.75) is 31.3 Å². The summed E-state index contributed by atoms with van der Waals surface area (Å²) in [6.45, 7) is 0. The molecule has 7 heteroatoms. The summed E-state index contributed by atoms with van der Waals surface area (Å²) in [4.78, 5) is 33.5. The Hall–Kier alpha value is -2.25. The monoisotopic (exact) mass is 294 g/mol. The van der Waals surface area contributed by atoms with E-state index in [0.29, 0.717) is 0 Å². The van der Waals surface area contributed by atoms with Gasteiger partial charge in [0.15, 0.2) is 0 Å². The number of aliphatic carboxylic acids is 1. The van der Waals surface area contributed by atoms with Crippen molar-refractivity contribution < 1.29 is 24.2 Å². The molecule has 0 spiro atoms. The molecule has 0 fully saturated rings. The van der Waals surface area contributed by atoms with E-state index < -0.39 is 30.0 Å².